The lowest BCUT2D eigenvalue weighted by molar-refractivity contribution is 0.814. The first-order valence-corrected chi connectivity index (χ1v) is 6.78. The predicted molar refractivity (Wildman–Crippen MR) is 66.0 cm³/mol. The molecule has 0 unspecified atom stereocenters. The molecule has 77 valence electrons. The Morgan fingerprint density at radius 1 is 1.00 bits per heavy atom. The van der Waals surface area contributed by atoms with Crippen molar-refractivity contribution in [1.29, 1.82) is 0 Å². The molecule has 0 aromatic heterocycles. The summed E-state index contributed by atoms with van der Waals surface area (Å²) >= 11 is 0. The van der Waals surface area contributed by atoms with Gasteiger partial charge in [-0.1, -0.05) is 51.7 Å². The zero-order valence-electron chi connectivity index (χ0n) is 9.82. The van der Waals surface area contributed by atoms with Crippen molar-refractivity contribution in [1.82, 2.24) is 0 Å². The smallest absolute Gasteiger partial charge is 0.0165 e. The van der Waals surface area contributed by atoms with Crippen molar-refractivity contribution in [3.8, 4) is 0 Å². The lowest BCUT2D eigenvalue weighted by Crippen LogP contribution is -2.01. The molecule has 0 aromatic carbocycles. The van der Waals surface area contributed by atoms with Gasteiger partial charge < -0.3 is 0 Å². The van der Waals surface area contributed by atoms with Gasteiger partial charge >= 0.3 is 0 Å². The number of rotatable bonds is 7. The quantitative estimate of drug-likeness (QED) is 0.550. The highest BCUT2D eigenvalue weighted by molar-refractivity contribution is 6.21. The number of hydrogen-bond acceptors (Lipinski definition) is 0. The number of hydrogen-bond donors (Lipinski definition) is 0. The van der Waals surface area contributed by atoms with Gasteiger partial charge in [0, 0.05) is 10.2 Å². The van der Waals surface area contributed by atoms with E-state index in [1.165, 1.54) is 48.8 Å². The predicted octanol–water partition coefficient (Wildman–Crippen LogP) is 3.21. The molecule has 0 aliphatic heterocycles. The summed E-state index contributed by atoms with van der Waals surface area (Å²) in [6, 6.07) is 0. The van der Waals surface area contributed by atoms with Crippen LogP contribution in [0, 0.1) is 5.54 Å². The van der Waals surface area contributed by atoms with Gasteiger partial charge in [0.15, 0.2) is 0 Å². The molecule has 0 saturated carbocycles. The Morgan fingerprint density at radius 2 is 1.62 bits per heavy atom. The van der Waals surface area contributed by atoms with Crippen molar-refractivity contribution in [3.05, 3.63) is 17.2 Å². The second-order valence-corrected chi connectivity index (χ2v) is 5.01. The molecule has 0 aromatic rings. The second-order valence-electron chi connectivity index (χ2n) is 3.80. The largest absolute Gasteiger partial charge is 0.0851 e. The fourth-order valence-electron chi connectivity index (χ4n) is 1.61. The Morgan fingerprint density at radius 3 is 2.08 bits per heavy atom. The molecule has 0 saturated heterocycles. The van der Waals surface area contributed by atoms with Crippen LogP contribution in [-0.4, -0.2) is 10.2 Å². The normalized spacial score (nSPS) is 12.8. The topological polar surface area (TPSA) is 0 Å². The molecule has 13 heavy (non-hydrogen) atoms. The minimum absolute atomic E-state index is 1.26. The van der Waals surface area contributed by atoms with E-state index in [-0.39, 0.29) is 0 Å². The van der Waals surface area contributed by atoms with Gasteiger partial charge in [0.1, 0.15) is 0 Å². The van der Waals surface area contributed by atoms with E-state index in [0.717, 1.165) is 0 Å². The van der Waals surface area contributed by atoms with Crippen LogP contribution in [0.4, 0.5) is 0 Å². The second kappa shape index (κ2) is 8.55. The third-order valence-corrected chi connectivity index (χ3v) is 3.51. The summed E-state index contributed by atoms with van der Waals surface area (Å²) in [4.78, 5) is 0. The van der Waals surface area contributed by atoms with Gasteiger partial charge in [-0.2, -0.15) is 0 Å². The molecular formula is C12H25Si. The van der Waals surface area contributed by atoms with Crippen LogP contribution >= 0.6 is 0 Å². The van der Waals surface area contributed by atoms with Gasteiger partial charge in [-0.3, -0.25) is 0 Å². The van der Waals surface area contributed by atoms with E-state index in [1.54, 1.807) is 11.1 Å². The molecule has 0 rings (SSSR count). The summed E-state index contributed by atoms with van der Waals surface area (Å²) in [6.07, 6.45) is 10.3. The first-order valence-electron chi connectivity index (χ1n) is 5.78. The fourth-order valence-corrected chi connectivity index (χ4v) is 2.57. The molecular weight excluding hydrogens is 172 g/mol. The zero-order chi connectivity index (χ0) is 10.1. The maximum absolute atomic E-state index is 2.47. The monoisotopic (exact) mass is 197 g/mol. The van der Waals surface area contributed by atoms with Crippen molar-refractivity contribution in [2.24, 2.45) is 0 Å². The average molecular weight is 197 g/mol. The van der Waals surface area contributed by atoms with Crippen LogP contribution in [0.1, 0.15) is 59.3 Å². The van der Waals surface area contributed by atoms with E-state index >= 15 is 0 Å². The zero-order valence-corrected chi connectivity index (χ0v) is 11.8. The van der Waals surface area contributed by atoms with Gasteiger partial charge in [0.2, 0.25) is 0 Å². The highest BCUT2D eigenvalue weighted by Crippen LogP contribution is 2.21. The highest BCUT2D eigenvalue weighted by Gasteiger charge is 2.06. The Hall–Kier alpha value is -0.0431. The van der Waals surface area contributed by atoms with Gasteiger partial charge in [-0.15, -0.1) is 0 Å². The Bertz CT molecular complexity index is 138. The van der Waals surface area contributed by atoms with Crippen molar-refractivity contribution in [2.45, 2.75) is 59.3 Å². The maximum atomic E-state index is 2.47. The minimum atomic E-state index is 1.26. The summed E-state index contributed by atoms with van der Waals surface area (Å²) < 4.78 is 0. The molecule has 0 heterocycles. The molecule has 0 spiro atoms. The molecule has 0 nitrogen and oxygen atoms in total. The molecule has 0 bridgehead atoms. The van der Waals surface area contributed by atoms with E-state index < -0.39 is 0 Å². The average Bonchev–Trinajstić information content (AvgIpc) is 2.12. The van der Waals surface area contributed by atoms with Crippen molar-refractivity contribution < 1.29 is 0 Å². The van der Waals surface area contributed by atoms with Crippen LogP contribution in [0.25, 0.3) is 0 Å². The van der Waals surface area contributed by atoms with Crippen molar-refractivity contribution in [2.75, 3.05) is 0 Å². The number of allylic oxidation sites excluding steroid dienone is 2. The van der Waals surface area contributed by atoms with Crippen molar-refractivity contribution in [3.63, 3.8) is 0 Å². The van der Waals surface area contributed by atoms with Gasteiger partial charge in [0.05, 0.1) is 0 Å². The van der Waals surface area contributed by atoms with Gasteiger partial charge in [-0.05, 0) is 24.8 Å². The molecule has 0 amide bonds. The molecule has 0 N–H and O–H groups in total. The van der Waals surface area contributed by atoms with Crippen LogP contribution in [0.3, 0.4) is 0 Å². The van der Waals surface area contributed by atoms with Gasteiger partial charge in [-0.25, -0.2) is 0 Å². The number of unbranched alkanes of at least 4 members (excludes halogenated alkanes) is 1. The van der Waals surface area contributed by atoms with E-state index in [1.807, 2.05) is 0 Å². The standard InChI is InChI=1S/C12H25Si/c1-4-7-10-11(8-5-2)12(13)9-6-3/h10H,4-9H2,1-3,13H3. The molecule has 1 radical (unpaired) electrons. The van der Waals surface area contributed by atoms with E-state index in [4.69, 9.17) is 0 Å². The fraction of sp³-hybridized carbons (Fsp3) is 0.750. The summed E-state index contributed by atoms with van der Waals surface area (Å²) in [6.45, 7) is 6.81. The summed E-state index contributed by atoms with van der Waals surface area (Å²) in [7, 11) is 1.26. The first-order chi connectivity index (χ1) is 6.26. The molecule has 1 heteroatoms. The summed E-state index contributed by atoms with van der Waals surface area (Å²) in [5, 5.41) is 0. The molecule has 0 atom stereocenters. The first kappa shape index (κ1) is 13.0. The van der Waals surface area contributed by atoms with Crippen LogP contribution in [0.2, 0.25) is 0 Å². The van der Waals surface area contributed by atoms with E-state index in [0.29, 0.717) is 0 Å². The molecule has 0 fully saturated rings. The van der Waals surface area contributed by atoms with Crippen LogP contribution in [0.5, 0.6) is 0 Å². The lowest BCUT2D eigenvalue weighted by atomic mass is 10.0. The summed E-state index contributed by atoms with van der Waals surface area (Å²) in [5.41, 5.74) is 3.43. The van der Waals surface area contributed by atoms with E-state index in [2.05, 4.69) is 26.8 Å². The Balaban J connectivity index is 4.05. The Kier molecular flexibility index (Phi) is 8.52. The summed E-state index contributed by atoms with van der Waals surface area (Å²) in [5.74, 6) is 0. The lowest BCUT2D eigenvalue weighted by Gasteiger charge is -2.14. The van der Waals surface area contributed by atoms with Crippen LogP contribution in [-0.2, 0) is 0 Å². The minimum Gasteiger partial charge on any atom is -0.0851 e. The third kappa shape index (κ3) is 6.09. The van der Waals surface area contributed by atoms with Crippen LogP contribution < -0.4 is 0 Å². The molecule has 0 aliphatic rings. The van der Waals surface area contributed by atoms with Crippen molar-refractivity contribution >= 4 is 10.2 Å². The molecule has 0 aliphatic carbocycles. The van der Waals surface area contributed by atoms with Gasteiger partial charge in [0.25, 0.3) is 0 Å². The third-order valence-electron chi connectivity index (χ3n) is 2.37. The highest BCUT2D eigenvalue weighted by atomic mass is 28.1. The SMILES string of the molecule is CCCC=C(CCC)[C]([SiH3])CCC. The Labute approximate surface area is 87.2 Å². The van der Waals surface area contributed by atoms with E-state index in [9.17, 15) is 0 Å². The van der Waals surface area contributed by atoms with Crippen LogP contribution in [0.15, 0.2) is 11.6 Å². The maximum Gasteiger partial charge on any atom is 0.0165 e.